The van der Waals surface area contributed by atoms with Gasteiger partial charge in [0.05, 0.1) is 0 Å². The van der Waals surface area contributed by atoms with E-state index in [4.69, 9.17) is 9.84 Å². The van der Waals surface area contributed by atoms with Gasteiger partial charge in [0.1, 0.15) is 6.10 Å². The second-order valence-electron chi connectivity index (χ2n) is 4.05. The maximum Gasteiger partial charge on any atom is 0.251 e. The standard InChI is InChI=1S/C11H21NO3/c1-12(7-3-2-4-8-13)11(14)10-6-5-9-15-10/h10,13H,2-9H2,1H3. The third kappa shape index (κ3) is 4.18. The lowest BCUT2D eigenvalue weighted by Gasteiger charge is -2.20. The molecule has 1 heterocycles. The SMILES string of the molecule is CN(CCCCCO)C(=O)C1CCCO1. The summed E-state index contributed by atoms with van der Waals surface area (Å²) in [5, 5.41) is 8.61. The van der Waals surface area contributed by atoms with Gasteiger partial charge >= 0.3 is 0 Å². The average molecular weight is 215 g/mol. The first-order valence-corrected chi connectivity index (χ1v) is 5.73. The van der Waals surface area contributed by atoms with Crippen molar-refractivity contribution < 1.29 is 14.6 Å². The molecule has 0 bridgehead atoms. The van der Waals surface area contributed by atoms with E-state index in [1.807, 2.05) is 7.05 Å². The lowest BCUT2D eigenvalue weighted by Crippen LogP contribution is -2.36. The molecule has 0 aromatic carbocycles. The van der Waals surface area contributed by atoms with Crippen molar-refractivity contribution in [3.8, 4) is 0 Å². The number of likely N-dealkylation sites (N-methyl/N-ethyl adjacent to an activating group) is 1. The zero-order valence-corrected chi connectivity index (χ0v) is 9.45. The van der Waals surface area contributed by atoms with Crippen LogP contribution in [0, 0.1) is 0 Å². The fourth-order valence-corrected chi connectivity index (χ4v) is 1.77. The van der Waals surface area contributed by atoms with E-state index in [-0.39, 0.29) is 18.6 Å². The molecule has 0 saturated carbocycles. The van der Waals surface area contributed by atoms with Gasteiger partial charge in [-0.3, -0.25) is 4.79 Å². The van der Waals surface area contributed by atoms with E-state index >= 15 is 0 Å². The zero-order valence-electron chi connectivity index (χ0n) is 9.45. The Balaban J connectivity index is 2.14. The zero-order chi connectivity index (χ0) is 11.1. The van der Waals surface area contributed by atoms with Crippen LogP contribution in [0.25, 0.3) is 0 Å². The van der Waals surface area contributed by atoms with Crippen LogP contribution in [0.5, 0.6) is 0 Å². The topological polar surface area (TPSA) is 49.8 Å². The van der Waals surface area contributed by atoms with Gasteiger partial charge in [0.15, 0.2) is 0 Å². The van der Waals surface area contributed by atoms with Crippen LogP contribution >= 0.6 is 0 Å². The number of carbonyl (C=O) groups is 1. The summed E-state index contributed by atoms with van der Waals surface area (Å²) in [4.78, 5) is 13.5. The first kappa shape index (κ1) is 12.5. The first-order chi connectivity index (χ1) is 7.25. The Hall–Kier alpha value is -0.610. The molecule has 1 aliphatic rings. The Morgan fingerprint density at radius 3 is 2.87 bits per heavy atom. The smallest absolute Gasteiger partial charge is 0.251 e. The molecule has 0 aromatic heterocycles. The van der Waals surface area contributed by atoms with Gasteiger partial charge in [0.2, 0.25) is 0 Å². The maximum absolute atomic E-state index is 11.8. The number of aliphatic hydroxyl groups excluding tert-OH is 1. The minimum absolute atomic E-state index is 0.108. The summed E-state index contributed by atoms with van der Waals surface area (Å²) >= 11 is 0. The van der Waals surface area contributed by atoms with Gasteiger partial charge in [-0.25, -0.2) is 0 Å². The number of amides is 1. The Kier molecular flexibility index (Phi) is 5.65. The predicted molar refractivity (Wildman–Crippen MR) is 57.5 cm³/mol. The molecule has 88 valence electrons. The van der Waals surface area contributed by atoms with Gasteiger partial charge in [-0.15, -0.1) is 0 Å². The third-order valence-electron chi connectivity index (χ3n) is 2.73. The fraction of sp³-hybridized carbons (Fsp3) is 0.909. The molecule has 1 atom stereocenters. The van der Waals surface area contributed by atoms with Gasteiger partial charge in [-0.1, -0.05) is 0 Å². The monoisotopic (exact) mass is 215 g/mol. The Labute approximate surface area is 91.2 Å². The van der Waals surface area contributed by atoms with E-state index in [1.54, 1.807) is 4.90 Å². The highest BCUT2D eigenvalue weighted by atomic mass is 16.5. The third-order valence-corrected chi connectivity index (χ3v) is 2.73. The molecule has 4 nitrogen and oxygen atoms in total. The van der Waals surface area contributed by atoms with Crippen LogP contribution in [-0.4, -0.2) is 48.8 Å². The summed E-state index contributed by atoms with van der Waals surface area (Å²) in [6, 6.07) is 0. The van der Waals surface area contributed by atoms with E-state index < -0.39 is 0 Å². The number of rotatable bonds is 6. The lowest BCUT2D eigenvalue weighted by atomic mass is 10.2. The molecule has 1 unspecified atom stereocenters. The molecule has 1 saturated heterocycles. The summed E-state index contributed by atoms with van der Waals surface area (Å²) in [6.45, 7) is 1.72. The van der Waals surface area contributed by atoms with Crippen LogP contribution in [0.3, 0.4) is 0 Å². The van der Waals surface area contributed by atoms with Crippen molar-refractivity contribution in [1.82, 2.24) is 4.90 Å². The van der Waals surface area contributed by atoms with Crippen LogP contribution in [0.1, 0.15) is 32.1 Å². The van der Waals surface area contributed by atoms with Crippen molar-refractivity contribution in [2.24, 2.45) is 0 Å². The Bertz CT molecular complexity index is 190. The predicted octanol–water partition coefficient (Wildman–Crippen LogP) is 0.786. The quantitative estimate of drug-likeness (QED) is 0.666. The van der Waals surface area contributed by atoms with Crippen LogP contribution in [0.4, 0.5) is 0 Å². The average Bonchev–Trinajstić information content (AvgIpc) is 2.76. The first-order valence-electron chi connectivity index (χ1n) is 5.73. The van der Waals surface area contributed by atoms with Gasteiger partial charge < -0.3 is 14.7 Å². The number of hydrogen-bond acceptors (Lipinski definition) is 3. The van der Waals surface area contributed by atoms with Crippen molar-refractivity contribution in [1.29, 1.82) is 0 Å². The van der Waals surface area contributed by atoms with E-state index in [9.17, 15) is 4.79 Å². The van der Waals surface area contributed by atoms with Crippen LogP contribution in [0.2, 0.25) is 0 Å². The summed E-state index contributed by atoms with van der Waals surface area (Å²) in [6.07, 6.45) is 4.40. The van der Waals surface area contributed by atoms with Crippen molar-refractivity contribution in [2.45, 2.75) is 38.2 Å². The molecular formula is C11H21NO3. The van der Waals surface area contributed by atoms with Crippen molar-refractivity contribution in [3.05, 3.63) is 0 Å². The molecule has 15 heavy (non-hydrogen) atoms. The minimum atomic E-state index is -0.201. The van der Waals surface area contributed by atoms with E-state index in [1.165, 1.54) is 0 Å². The Morgan fingerprint density at radius 1 is 1.47 bits per heavy atom. The van der Waals surface area contributed by atoms with Crippen molar-refractivity contribution >= 4 is 5.91 Å². The number of unbranched alkanes of at least 4 members (excludes halogenated alkanes) is 2. The van der Waals surface area contributed by atoms with Gasteiger partial charge in [-0.05, 0) is 32.1 Å². The molecule has 0 spiro atoms. The second-order valence-corrected chi connectivity index (χ2v) is 4.05. The largest absolute Gasteiger partial charge is 0.396 e. The van der Waals surface area contributed by atoms with Crippen LogP contribution < -0.4 is 0 Å². The Morgan fingerprint density at radius 2 is 2.27 bits per heavy atom. The highest BCUT2D eigenvalue weighted by Crippen LogP contribution is 2.14. The summed E-state index contributed by atoms with van der Waals surface area (Å²) < 4.78 is 5.33. The van der Waals surface area contributed by atoms with Crippen molar-refractivity contribution in [3.63, 3.8) is 0 Å². The number of ether oxygens (including phenoxy) is 1. The molecular weight excluding hydrogens is 194 g/mol. The van der Waals surface area contributed by atoms with Crippen LogP contribution in [-0.2, 0) is 9.53 Å². The summed E-state index contributed by atoms with van der Waals surface area (Å²) in [5.41, 5.74) is 0. The van der Waals surface area contributed by atoms with Crippen LogP contribution in [0.15, 0.2) is 0 Å². The molecule has 0 radical (unpaired) electrons. The minimum Gasteiger partial charge on any atom is -0.396 e. The normalized spacial score (nSPS) is 20.5. The molecule has 1 rings (SSSR count). The second kappa shape index (κ2) is 6.80. The van der Waals surface area contributed by atoms with Crippen molar-refractivity contribution in [2.75, 3.05) is 26.8 Å². The summed E-state index contributed by atoms with van der Waals surface area (Å²) in [5.74, 6) is 0.108. The number of carbonyl (C=O) groups excluding carboxylic acids is 1. The maximum atomic E-state index is 11.8. The van der Waals surface area contributed by atoms with Gasteiger partial charge in [0.25, 0.3) is 5.91 Å². The molecule has 1 amide bonds. The van der Waals surface area contributed by atoms with E-state index in [0.29, 0.717) is 0 Å². The molecule has 0 aliphatic carbocycles. The fourth-order valence-electron chi connectivity index (χ4n) is 1.77. The van der Waals surface area contributed by atoms with E-state index in [2.05, 4.69) is 0 Å². The van der Waals surface area contributed by atoms with Gasteiger partial charge in [-0.2, -0.15) is 0 Å². The molecule has 1 N–H and O–H groups in total. The molecule has 0 aromatic rings. The molecule has 1 aliphatic heterocycles. The highest BCUT2D eigenvalue weighted by molar-refractivity contribution is 5.80. The number of hydrogen-bond donors (Lipinski definition) is 1. The number of aliphatic hydroxyl groups is 1. The molecule has 1 fully saturated rings. The lowest BCUT2D eigenvalue weighted by molar-refractivity contribution is -0.139. The highest BCUT2D eigenvalue weighted by Gasteiger charge is 2.25. The van der Waals surface area contributed by atoms with E-state index in [0.717, 1.165) is 45.3 Å². The summed E-state index contributed by atoms with van der Waals surface area (Å²) in [7, 11) is 1.82. The molecule has 4 heteroatoms. The number of nitrogens with zero attached hydrogens (tertiary/aromatic N) is 1. The van der Waals surface area contributed by atoms with Gasteiger partial charge in [0, 0.05) is 26.8 Å².